The van der Waals surface area contributed by atoms with Crippen molar-refractivity contribution >= 4 is 29.1 Å². The Kier molecular flexibility index (Phi) is 8.51. The first-order valence-electron chi connectivity index (χ1n) is 12.6. The number of nitrogens with zero attached hydrogens (tertiary/aromatic N) is 1. The zero-order chi connectivity index (χ0) is 27.4. The van der Waals surface area contributed by atoms with Crippen LogP contribution in [0.3, 0.4) is 0 Å². The number of nitrogens with two attached hydrogens (primary N) is 1. The minimum atomic E-state index is -1.07. The third kappa shape index (κ3) is 6.59. The second-order valence-corrected chi connectivity index (χ2v) is 11.1. The normalized spacial score (nSPS) is 17.6. The van der Waals surface area contributed by atoms with Crippen molar-refractivity contribution in [2.75, 3.05) is 11.4 Å². The first kappa shape index (κ1) is 27.8. The molecular formula is C30H33ClFN3O3. The molecule has 1 heterocycles. The van der Waals surface area contributed by atoms with Gasteiger partial charge in [0.25, 0.3) is 5.91 Å². The molecule has 0 aliphatic carbocycles. The summed E-state index contributed by atoms with van der Waals surface area (Å²) >= 11 is 6.41. The number of hydrogen-bond acceptors (Lipinski definition) is 4. The summed E-state index contributed by atoms with van der Waals surface area (Å²) in [5.41, 5.74) is 9.12. The number of halogens is 2. The zero-order valence-corrected chi connectivity index (χ0v) is 22.6. The first-order chi connectivity index (χ1) is 18.1. The van der Waals surface area contributed by atoms with Crippen LogP contribution in [0.25, 0.3) is 0 Å². The maximum atomic E-state index is 14.0. The number of nitrogens with one attached hydrogen (secondary N) is 1. The Bertz CT molecular complexity index is 1310. The first-order valence-corrected chi connectivity index (χ1v) is 13.0. The molecule has 4 rings (SSSR count). The Morgan fingerprint density at radius 2 is 1.82 bits per heavy atom. The van der Waals surface area contributed by atoms with Gasteiger partial charge in [-0.1, -0.05) is 74.8 Å². The molecule has 3 N–H and O–H groups in total. The van der Waals surface area contributed by atoms with Crippen LogP contribution in [0.2, 0.25) is 5.02 Å². The molecule has 1 aliphatic heterocycles. The summed E-state index contributed by atoms with van der Waals surface area (Å²) in [6.07, 6.45) is -1.93. The summed E-state index contributed by atoms with van der Waals surface area (Å²) < 4.78 is 20.5. The quantitative estimate of drug-likeness (QED) is 0.416. The zero-order valence-electron chi connectivity index (χ0n) is 21.8. The molecule has 3 aromatic rings. The summed E-state index contributed by atoms with van der Waals surface area (Å²) in [6, 6.07) is 19.3. The fourth-order valence-corrected chi connectivity index (χ4v) is 4.69. The number of carbonyl (C=O) groups is 2. The van der Waals surface area contributed by atoms with Crippen molar-refractivity contribution in [3.8, 4) is 0 Å². The number of rotatable bonds is 7. The van der Waals surface area contributed by atoms with E-state index in [2.05, 4.69) is 5.32 Å². The molecule has 200 valence electrons. The van der Waals surface area contributed by atoms with Gasteiger partial charge in [0.2, 0.25) is 5.91 Å². The second-order valence-electron chi connectivity index (χ2n) is 10.7. The van der Waals surface area contributed by atoms with Crippen LogP contribution in [-0.4, -0.2) is 24.5 Å². The third-order valence-corrected chi connectivity index (χ3v) is 6.60. The minimum absolute atomic E-state index is 0.0118. The van der Waals surface area contributed by atoms with Gasteiger partial charge in [0.1, 0.15) is 18.0 Å². The molecule has 0 spiro atoms. The Morgan fingerprint density at radius 1 is 1.11 bits per heavy atom. The average Bonchev–Trinajstić information content (AvgIpc) is 2.98. The van der Waals surface area contributed by atoms with Crippen LogP contribution in [0.4, 0.5) is 10.1 Å². The molecule has 0 aromatic heterocycles. The molecule has 1 aliphatic rings. The van der Waals surface area contributed by atoms with Gasteiger partial charge in [0.05, 0.1) is 6.42 Å². The van der Waals surface area contributed by atoms with Crippen molar-refractivity contribution in [1.29, 1.82) is 0 Å². The van der Waals surface area contributed by atoms with Gasteiger partial charge in [-0.3, -0.25) is 9.59 Å². The van der Waals surface area contributed by atoms with Gasteiger partial charge in [-0.15, -0.1) is 0 Å². The van der Waals surface area contributed by atoms with E-state index in [1.165, 1.54) is 6.07 Å². The lowest BCUT2D eigenvalue weighted by molar-refractivity contribution is -0.138. The van der Waals surface area contributed by atoms with E-state index in [1.807, 2.05) is 57.2 Å². The van der Waals surface area contributed by atoms with Crippen molar-refractivity contribution < 1.29 is 18.7 Å². The van der Waals surface area contributed by atoms with Crippen LogP contribution in [0.1, 0.15) is 55.5 Å². The van der Waals surface area contributed by atoms with Crippen LogP contribution < -0.4 is 16.0 Å². The number of fused-ring (bicyclic) bond motifs is 1. The molecule has 2 amide bonds. The molecule has 38 heavy (non-hydrogen) atoms. The van der Waals surface area contributed by atoms with Gasteiger partial charge in [0.15, 0.2) is 0 Å². The lowest BCUT2D eigenvalue weighted by atomic mass is 9.94. The molecule has 0 radical (unpaired) electrons. The van der Waals surface area contributed by atoms with E-state index in [0.29, 0.717) is 29.4 Å². The van der Waals surface area contributed by atoms with Crippen LogP contribution in [0, 0.1) is 11.2 Å². The number of anilines is 1. The highest BCUT2D eigenvalue weighted by Gasteiger charge is 2.39. The van der Waals surface area contributed by atoms with Gasteiger partial charge in [-0.2, -0.15) is 0 Å². The van der Waals surface area contributed by atoms with Gasteiger partial charge >= 0.3 is 0 Å². The monoisotopic (exact) mass is 537 g/mol. The molecule has 2 unspecified atom stereocenters. The van der Waals surface area contributed by atoms with Crippen molar-refractivity contribution in [2.45, 2.75) is 52.5 Å². The van der Waals surface area contributed by atoms with Crippen LogP contribution in [-0.2, 0) is 27.4 Å². The fourth-order valence-electron chi connectivity index (χ4n) is 4.51. The van der Waals surface area contributed by atoms with E-state index >= 15 is 0 Å². The SMILES string of the molecule is CC(C)(C)CN1C(=O)C(CC(=O)NCc2ccccc2F)OC(c2ccc(CN)cc2)c2cc(Cl)ccc21. The van der Waals surface area contributed by atoms with Gasteiger partial charge in [0, 0.05) is 41.5 Å². The van der Waals surface area contributed by atoms with Crippen molar-refractivity contribution in [3.63, 3.8) is 0 Å². The summed E-state index contributed by atoms with van der Waals surface area (Å²) in [5, 5.41) is 3.24. The molecule has 2 atom stereocenters. The molecule has 0 bridgehead atoms. The number of amides is 2. The molecule has 8 heteroatoms. The summed E-state index contributed by atoms with van der Waals surface area (Å²) in [4.78, 5) is 28.6. The summed E-state index contributed by atoms with van der Waals surface area (Å²) in [5.74, 6) is -1.13. The number of benzene rings is 3. The fraction of sp³-hybridized carbons (Fsp3) is 0.333. The number of ether oxygens (including phenoxy) is 1. The number of hydrogen-bond donors (Lipinski definition) is 2. The van der Waals surface area contributed by atoms with Crippen LogP contribution >= 0.6 is 11.6 Å². The Balaban J connectivity index is 1.69. The van der Waals surface area contributed by atoms with Crippen LogP contribution in [0.15, 0.2) is 66.7 Å². The predicted molar refractivity (Wildman–Crippen MR) is 147 cm³/mol. The highest BCUT2D eigenvalue weighted by atomic mass is 35.5. The smallest absolute Gasteiger partial charge is 0.256 e. The lowest BCUT2D eigenvalue weighted by Crippen LogP contribution is -2.45. The van der Waals surface area contributed by atoms with E-state index in [-0.39, 0.29) is 24.3 Å². The molecule has 0 saturated carbocycles. The Morgan fingerprint density at radius 3 is 2.47 bits per heavy atom. The van der Waals surface area contributed by atoms with E-state index in [9.17, 15) is 14.0 Å². The van der Waals surface area contributed by atoms with E-state index in [0.717, 1.165) is 16.7 Å². The van der Waals surface area contributed by atoms with Gasteiger partial charge < -0.3 is 20.7 Å². The van der Waals surface area contributed by atoms with Crippen molar-refractivity contribution in [1.82, 2.24) is 5.32 Å². The largest absolute Gasteiger partial charge is 0.355 e. The highest BCUT2D eigenvalue weighted by molar-refractivity contribution is 6.30. The average molecular weight is 538 g/mol. The molecule has 3 aromatic carbocycles. The van der Waals surface area contributed by atoms with E-state index in [1.54, 1.807) is 29.2 Å². The standard InChI is InChI=1S/C30H33ClFN3O3/c1-30(2,3)18-35-25-13-12-22(31)14-23(25)28(20-10-8-19(16-33)9-11-20)38-26(29(35)37)15-27(36)34-17-21-6-4-5-7-24(21)32/h4-14,26,28H,15-18,33H2,1-3H3,(H,34,36). The lowest BCUT2D eigenvalue weighted by Gasteiger charge is -2.31. The van der Waals surface area contributed by atoms with Crippen molar-refractivity contribution in [3.05, 3.63) is 99.8 Å². The highest BCUT2D eigenvalue weighted by Crippen LogP contribution is 2.41. The predicted octanol–water partition coefficient (Wildman–Crippen LogP) is 5.51. The van der Waals surface area contributed by atoms with Gasteiger partial charge in [-0.25, -0.2) is 4.39 Å². The van der Waals surface area contributed by atoms with E-state index in [4.69, 9.17) is 22.1 Å². The molecule has 0 saturated heterocycles. The Labute approximate surface area is 227 Å². The van der Waals surface area contributed by atoms with Gasteiger partial charge in [-0.05, 0) is 40.8 Å². The van der Waals surface area contributed by atoms with Crippen molar-refractivity contribution in [2.24, 2.45) is 11.1 Å². The minimum Gasteiger partial charge on any atom is -0.355 e. The Hall–Kier alpha value is -3.26. The molecule has 0 fully saturated rings. The molecular weight excluding hydrogens is 505 g/mol. The maximum Gasteiger partial charge on any atom is 0.256 e. The topological polar surface area (TPSA) is 84.7 Å². The maximum absolute atomic E-state index is 14.0. The third-order valence-electron chi connectivity index (χ3n) is 6.36. The second kappa shape index (κ2) is 11.6. The number of carbonyl (C=O) groups excluding carboxylic acids is 2. The van der Waals surface area contributed by atoms with Crippen LogP contribution in [0.5, 0.6) is 0 Å². The summed E-state index contributed by atoms with van der Waals surface area (Å²) in [6.45, 7) is 6.95. The molecule has 6 nitrogen and oxygen atoms in total. The van der Waals surface area contributed by atoms with E-state index < -0.39 is 23.9 Å². The summed E-state index contributed by atoms with van der Waals surface area (Å²) in [7, 11) is 0.